The molecule has 1 aliphatic heterocycles. The van der Waals surface area contributed by atoms with Crippen LogP contribution < -0.4 is 4.90 Å². The summed E-state index contributed by atoms with van der Waals surface area (Å²) in [4.78, 5) is 10.8. The molecule has 4 rings (SSSR count). The molecular formula is C16H15F2N5. The molecule has 2 aromatic heterocycles. The first-order valence-electron chi connectivity index (χ1n) is 7.43. The standard InChI is InChI=1S/C16H15F2N5/c1-22-15-12(6-21-22)16(20-9-19-15)23-7-11(8-23)4-10-2-3-13(17)14(18)5-10/h2-3,5-6,9,11H,4,7-8H2,1H3. The number of fused-ring (bicyclic) bond motifs is 1. The van der Waals surface area contributed by atoms with Gasteiger partial charge in [0.05, 0.1) is 11.6 Å². The molecule has 0 aliphatic carbocycles. The van der Waals surface area contributed by atoms with Crippen molar-refractivity contribution in [3.8, 4) is 0 Å². The van der Waals surface area contributed by atoms with Crippen molar-refractivity contribution in [3.05, 3.63) is 47.9 Å². The van der Waals surface area contributed by atoms with Crippen LogP contribution in [0.1, 0.15) is 5.56 Å². The van der Waals surface area contributed by atoms with Crippen LogP contribution in [0.15, 0.2) is 30.7 Å². The highest BCUT2D eigenvalue weighted by Crippen LogP contribution is 2.30. The highest BCUT2D eigenvalue weighted by Gasteiger charge is 2.29. The van der Waals surface area contributed by atoms with Gasteiger partial charge in [0.1, 0.15) is 12.1 Å². The Bertz CT molecular complexity index is 870. The van der Waals surface area contributed by atoms with Gasteiger partial charge in [0, 0.05) is 20.1 Å². The van der Waals surface area contributed by atoms with Crippen LogP contribution in [0.2, 0.25) is 0 Å². The van der Waals surface area contributed by atoms with Crippen LogP contribution in [0.25, 0.3) is 11.0 Å². The first-order chi connectivity index (χ1) is 11.1. The number of rotatable bonds is 3. The van der Waals surface area contributed by atoms with Crippen molar-refractivity contribution in [1.82, 2.24) is 19.7 Å². The monoisotopic (exact) mass is 315 g/mol. The molecule has 1 fully saturated rings. The zero-order valence-corrected chi connectivity index (χ0v) is 12.6. The van der Waals surface area contributed by atoms with Gasteiger partial charge in [-0.2, -0.15) is 5.10 Å². The molecule has 0 atom stereocenters. The van der Waals surface area contributed by atoms with Crippen LogP contribution in [0.3, 0.4) is 0 Å². The second-order valence-electron chi connectivity index (χ2n) is 5.93. The van der Waals surface area contributed by atoms with Gasteiger partial charge in [0.15, 0.2) is 17.3 Å². The minimum atomic E-state index is -0.802. The van der Waals surface area contributed by atoms with E-state index in [1.54, 1.807) is 23.3 Å². The van der Waals surface area contributed by atoms with Crippen molar-refractivity contribution in [2.24, 2.45) is 13.0 Å². The van der Waals surface area contributed by atoms with Gasteiger partial charge < -0.3 is 4.90 Å². The molecule has 1 saturated heterocycles. The Morgan fingerprint density at radius 2 is 2.00 bits per heavy atom. The molecule has 0 spiro atoms. The minimum absolute atomic E-state index is 0.404. The van der Waals surface area contributed by atoms with Gasteiger partial charge in [0.2, 0.25) is 0 Å². The number of aromatic nitrogens is 4. The maximum Gasteiger partial charge on any atom is 0.163 e. The van der Waals surface area contributed by atoms with E-state index in [9.17, 15) is 8.78 Å². The normalized spacial score (nSPS) is 15.2. The van der Waals surface area contributed by atoms with E-state index in [4.69, 9.17) is 0 Å². The Balaban J connectivity index is 1.47. The minimum Gasteiger partial charge on any atom is -0.355 e. The highest BCUT2D eigenvalue weighted by atomic mass is 19.2. The molecule has 0 amide bonds. The molecule has 3 heterocycles. The van der Waals surface area contributed by atoms with E-state index < -0.39 is 11.6 Å². The molecule has 0 saturated carbocycles. The lowest BCUT2D eigenvalue weighted by molar-refractivity contribution is 0.404. The van der Waals surface area contributed by atoms with E-state index >= 15 is 0 Å². The quantitative estimate of drug-likeness (QED) is 0.744. The van der Waals surface area contributed by atoms with Crippen LogP contribution in [0, 0.1) is 17.6 Å². The SMILES string of the molecule is Cn1ncc2c(N3CC(Cc4ccc(F)c(F)c4)C3)ncnc21. The fourth-order valence-corrected chi connectivity index (χ4v) is 3.07. The summed E-state index contributed by atoms with van der Waals surface area (Å²) in [6.45, 7) is 1.67. The van der Waals surface area contributed by atoms with Gasteiger partial charge in [0.25, 0.3) is 0 Å². The Hall–Kier alpha value is -2.57. The summed E-state index contributed by atoms with van der Waals surface area (Å²) in [7, 11) is 1.85. The van der Waals surface area contributed by atoms with Crippen LogP contribution in [0.5, 0.6) is 0 Å². The number of aryl methyl sites for hydroxylation is 1. The molecule has 0 unspecified atom stereocenters. The van der Waals surface area contributed by atoms with Gasteiger partial charge in [-0.1, -0.05) is 6.07 Å². The number of nitrogens with zero attached hydrogens (tertiary/aromatic N) is 5. The molecule has 118 valence electrons. The van der Waals surface area contributed by atoms with Gasteiger partial charge in [-0.15, -0.1) is 0 Å². The van der Waals surface area contributed by atoms with E-state index in [1.165, 1.54) is 12.1 Å². The average molecular weight is 315 g/mol. The molecule has 5 nitrogen and oxygen atoms in total. The Morgan fingerprint density at radius 3 is 2.78 bits per heavy atom. The van der Waals surface area contributed by atoms with Crippen LogP contribution in [0.4, 0.5) is 14.6 Å². The van der Waals surface area contributed by atoms with Gasteiger partial charge >= 0.3 is 0 Å². The van der Waals surface area contributed by atoms with E-state index in [0.717, 1.165) is 41.9 Å². The number of hydrogen-bond donors (Lipinski definition) is 0. The van der Waals surface area contributed by atoms with E-state index in [0.29, 0.717) is 5.92 Å². The zero-order valence-electron chi connectivity index (χ0n) is 12.6. The predicted molar refractivity (Wildman–Crippen MR) is 82.1 cm³/mol. The topological polar surface area (TPSA) is 46.8 Å². The van der Waals surface area contributed by atoms with Gasteiger partial charge in [-0.3, -0.25) is 4.68 Å². The second-order valence-corrected chi connectivity index (χ2v) is 5.93. The van der Waals surface area contributed by atoms with E-state index in [2.05, 4.69) is 20.0 Å². The summed E-state index contributed by atoms with van der Waals surface area (Å²) in [6, 6.07) is 4.11. The summed E-state index contributed by atoms with van der Waals surface area (Å²) in [5.41, 5.74) is 1.63. The molecule has 1 aromatic carbocycles. The van der Waals surface area contributed by atoms with Crippen LogP contribution in [-0.2, 0) is 13.5 Å². The summed E-state index contributed by atoms with van der Waals surface area (Å²) in [5, 5.41) is 5.14. The summed E-state index contributed by atoms with van der Waals surface area (Å²) in [6.07, 6.45) is 4.05. The lowest BCUT2D eigenvalue weighted by Gasteiger charge is -2.40. The van der Waals surface area contributed by atoms with Crippen molar-refractivity contribution in [1.29, 1.82) is 0 Å². The molecule has 3 aromatic rings. The lowest BCUT2D eigenvalue weighted by atomic mass is 9.92. The maximum atomic E-state index is 13.3. The van der Waals surface area contributed by atoms with Gasteiger partial charge in [-0.25, -0.2) is 18.7 Å². The van der Waals surface area contributed by atoms with Crippen molar-refractivity contribution < 1.29 is 8.78 Å². The first kappa shape index (κ1) is 14.0. The Kier molecular flexibility index (Phi) is 3.21. The van der Waals surface area contributed by atoms with E-state index in [1.807, 2.05) is 7.05 Å². The summed E-state index contributed by atoms with van der Waals surface area (Å²) < 4.78 is 27.9. The van der Waals surface area contributed by atoms with Gasteiger partial charge in [-0.05, 0) is 30.0 Å². The second kappa shape index (κ2) is 5.26. The summed E-state index contributed by atoms with van der Waals surface area (Å²) >= 11 is 0. The smallest absolute Gasteiger partial charge is 0.163 e. The fraction of sp³-hybridized carbons (Fsp3) is 0.312. The Labute approximate surface area is 131 Å². The Morgan fingerprint density at radius 1 is 1.17 bits per heavy atom. The number of halogens is 2. The van der Waals surface area contributed by atoms with Crippen molar-refractivity contribution >= 4 is 16.9 Å². The third kappa shape index (κ3) is 2.42. The van der Waals surface area contributed by atoms with Crippen molar-refractivity contribution in [3.63, 3.8) is 0 Å². The molecule has 1 aliphatic rings. The van der Waals surface area contributed by atoms with Crippen molar-refractivity contribution in [2.45, 2.75) is 6.42 Å². The maximum absolute atomic E-state index is 13.3. The molecule has 0 N–H and O–H groups in total. The zero-order chi connectivity index (χ0) is 16.0. The molecule has 7 heteroatoms. The number of hydrogen-bond acceptors (Lipinski definition) is 4. The summed E-state index contributed by atoms with van der Waals surface area (Å²) in [5.74, 6) is -0.304. The third-order valence-corrected chi connectivity index (χ3v) is 4.27. The molecule has 23 heavy (non-hydrogen) atoms. The van der Waals surface area contributed by atoms with E-state index in [-0.39, 0.29) is 0 Å². The first-order valence-corrected chi connectivity index (χ1v) is 7.43. The highest BCUT2D eigenvalue weighted by molar-refractivity contribution is 5.86. The molecule has 0 bridgehead atoms. The van der Waals surface area contributed by atoms with Crippen LogP contribution >= 0.6 is 0 Å². The average Bonchev–Trinajstić information content (AvgIpc) is 2.88. The molecule has 0 radical (unpaired) electrons. The van der Waals surface area contributed by atoms with Crippen LogP contribution in [-0.4, -0.2) is 32.8 Å². The number of anilines is 1. The largest absolute Gasteiger partial charge is 0.355 e. The lowest BCUT2D eigenvalue weighted by Crippen LogP contribution is -2.48. The number of benzene rings is 1. The third-order valence-electron chi connectivity index (χ3n) is 4.27. The fourth-order valence-electron chi connectivity index (χ4n) is 3.07. The predicted octanol–water partition coefficient (Wildman–Crippen LogP) is 2.32. The van der Waals surface area contributed by atoms with Crippen molar-refractivity contribution in [2.75, 3.05) is 18.0 Å². The molecular weight excluding hydrogens is 300 g/mol.